The van der Waals surface area contributed by atoms with Crippen LogP contribution in [0, 0.1) is 0 Å². The molecule has 2 rings (SSSR count). The first-order valence-electron chi connectivity index (χ1n) is 5.17. The van der Waals surface area contributed by atoms with E-state index in [1.807, 2.05) is 31.2 Å². The Kier molecular flexibility index (Phi) is 2.81. The van der Waals surface area contributed by atoms with Gasteiger partial charge < -0.3 is 15.8 Å². The summed E-state index contributed by atoms with van der Waals surface area (Å²) in [5, 5.41) is 3.14. The predicted molar refractivity (Wildman–Crippen MR) is 62.8 cm³/mol. The summed E-state index contributed by atoms with van der Waals surface area (Å²) in [4.78, 5) is 11.3. The van der Waals surface area contributed by atoms with Crippen LogP contribution < -0.4 is 11.1 Å². The van der Waals surface area contributed by atoms with Crippen LogP contribution in [0.4, 0.5) is 11.4 Å². The summed E-state index contributed by atoms with van der Waals surface area (Å²) in [7, 11) is 0. The minimum absolute atomic E-state index is 0.237. The average molecular weight is 218 g/mol. The number of para-hydroxylation sites is 2. The number of hydrogen-bond acceptors (Lipinski definition) is 4. The number of hydrogen-bond donors (Lipinski definition) is 2. The van der Waals surface area contributed by atoms with E-state index in [-0.39, 0.29) is 5.97 Å². The van der Waals surface area contributed by atoms with E-state index in [0.717, 1.165) is 11.4 Å². The molecule has 4 nitrogen and oxygen atoms in total. The molecule has 4 heteroatoms. The van der Waals surface area contributed by atoms with Crippen molar-refractivity contribution in [2.75, 3.05) is 17.7 Å². The van der Waals surface area contributed by atoms with E-state index in [2.05, 4.69) is 5.32 Å². The largest absolute Gasteiger partial charge is 0.462 e. The highest BCUT2D eigenvalue weighted by Gasteiger charge is 2.21. The standard InChI is InChI=1S/C12H14N2O2/c1-8(9-6-7-16-12(9)15)14-11-5-3-2-4-10(11)13/h2-5,14H,6-7,13H2,1H3/b9-8+. The first-order chi connectivity index (χ1) is 7.68. The number of benzene rings is 1. The number of carbonyl (C=O) groups is 1. The molecule has 0 saturated carbocycles. The van der Waals surface area contributed by atoms with Crippen molar-refractivity contribution in [1.29, 1.82) is 0 Å². The molecular formula is C12H14N2O2. The second-order valence-corrected chi connectivity index (χ2v) is 3.70. The molecule has 1 saturated heterocycles. The van der Waals surface area contributed by atoms with E-state index in [1.165, 1.54) is 0 Å². The Morgan fingerprint density at radius 3 is 2.81 bits per heavy atom. The van der Waals surface area contributed by atoms with Crippen LogP contribution in [0.15, 0.2) is 35.5 Å². The fourth-order valence-corrected chi connectivity index (χ4v) is 1.66. The van der Waals surface area contributed by atoms with E-state index in [1.54, 1.807) is 0 Å². The highest BCUT2D eigenvalue weighted by molar-refractivity contribution is 5.91. The lowest BCUT2D eigenvalue weighted by Gasteiger charge is -2.10. The van der Waals surface area contributed by atoms with Crippen LogP contribution in [-0.2, 0) is 9.53 Å². The van der Waals surface area contributed by atoms with E-state index in [0.29, 0.717) is 24.3 Å². The second kappa shape index (κ2) is 4.26. The third kappa shape index (κ3) is 2.00. The molecule has 0 aromatic heterocycles. The number of anilines is 2. The molecule has 1 aliphatic heterocycles. The zero-order valence-corrected chi connectivity index (χ0v) is 9.12. The third-order valence-electron chi connectivity index (χ3n) is 2.57. The average Bonchev–Trinajstić information content (AvgIpc) is 2.68. The number of ether oxygens (including phenoxy) is 1. The molecule has 84 valence electrons. The second-order valence-electron chi connectivity index (χ2n) is 3.70. The third-order valence-corrected chi connectivity index (χ3v) is 2.57. The molecule has 0 radical (unpaired) electrons. The highest BCUT2D eigenvalue weighted by atomic mass is 16.5. The van der Waals surface area contributed by atoms with Gasteiger partial charge in [0.05, 0.1) is 23.6 Å². The maximum atomic E-state index is 11.3. The van der Waals surface area contributed by atoms with Gasteiger partial charge in [0.15, 0.2) is 0 Å². The van der Waals surface area contributed by atoms with Gasteiger partial charge in [-0.3, -0.25) is 0 Å². The van der Waals surface area contributed by atoms with Crippen molar-refractivity contribution in [3.8, 4) is 0 Å². The van der Waals surface area contributed by atoms with E-state index >= 15 is 0 Å². The first kappa shape index (κ1) is 10.5. The quantitative estimate of drug-likeness (QED) is 0.452. The van der Waals surface area contributed by atoms with Crippen LogP contribution in [0.5, 0.6) is 0 Å². The van der Waals surface area contributed by atoms with Crippen LogP contribution in [0.25, 0.3) is 0 Å². The molecular weight excluding hydrogens is 204 g/mol. The molecule has 0 spiro atoms. The molecule has 1 heterocycles. The number of cyclic esters (lactones) is 1. The number of rotatable bonds is 2. The lowest BCUT2D eigenvalue weighted by atomic mass is 10.1. The molecule has 1 aliphatic rings. The Morgan fingerprint density at radius 1 is 1.44 bits per heavy atom. The lowest BCUT2D eigenvalue weighted by Crippen LogP contribution is -2.06. The van der Waals surface area contributed by atoms with E-state index in [4.69, 9.17) is 10.5 Å². The Morgan fingerprint density at radius 2 is 2.19 bits per heavy atom. The fourth-order valence-electron chi connectivity index (χ4n) is 1.66. The molecule has 1 aromatic rings. The number of allylic oxidation sites excluding steroid dienone is 1. The summed E-state index contributed by atoms with van der Waals surface area (Å²) in [5.41, 5.74) is 8.78. The molecule has 0 bridgehead atoms. The zero-order chi connectivity index (χ0) is 11.5. The Balaban J connectivity index is 2.22. The van der Waals surface area contributed by atoms with Crippen LogP contribution in [0.3, 0.4) is 0 Å². The normalized spacial score (nSPS) is 18.2. The van der Waals surface area contributed by atoms with Gasteiger partial charge in [-0.15, -0.1) is 0 Å². The minimum atomic E-state index is -0.237. The molecule has 1 aromatic carbocycles. The zero-order valence-electron chi connectivity index (χ0n) is 9.12. The summed E-state index contributed by atoms with van der Waals surface area (Å²) in [5.74, 6) is -0.237. The molecule has 0 unspecified atom stereocenters. The van der Waals surface area contributed by atoms with Crippen molar-refractivity contribution in [1.82, 2.24) is 0 Å². The Labute approximate surface area is 94.1 Å². The summed E-state index contributed by atoms with van der Waals surface area (Å²) >= 11 is 0. The van der Waals surface area contributed by atoms with Crippen molar-refractivity contribution in [2.45, 2.75) is 13.3 Å². The van der Waals surface area contributed by atoms with Gasteiger partial charge >= 0.3 is 5.97 Å². The number of nitrogen functional groups attached to an aromatic ring is 1. The minimum Gasteiger partial charge on any atom is -0.462 e. The molecule has 0 aliphatic carbocycles. The lowest BCUT2D eigenvalue weighted by molar-refractivity contribution is -0.135. The summed E-state index contributed by atoms with van der Waals surface area (Å²) in [6.45, 7) is 2.33. The van der Waals surface area contributed by atoms with Gasteiger partial charge in [-0.1, -0.05) is 12.1 Å². The van der Waals surface area contributed by atoms with Crippen molar-refractivity contribution >= 4 is 17.3 Å². The first-order valence-corrected chi connectivity index (χ1v) is 5.17. The Hall–Kier alpha value is -1.97. The number of esters is 1. The monoisotopic (exact) mass is 218 g/mol. The topological polar surface area (TPSA) is 64.3 Å². The van der Waals surface area contributed by atoms with Gasteiger partial charge in [-0.25, -0.2) is 4.79 Å². The van der Waals surface area contributed by atoms with Crippen LogP contribution >= 0.6 is 0 Å². The maximum absolute atomic E-state index is 11.3. The number of nitrogens with two attached hydrogens (primary N) is 1. The van der Waals surface area contributed by atoms with Gasteiger partial charge in [0.1, 0.15) is 0 Å². The van der Waals surface area contributed by atoms with Crippen molar-refractivity contribution in [3.05, 3.63) is 35.5 Å². The van der Waals surface area contributed by atoms with Gasteiger partial charge in [-0.2, -0.15) is 0 Å². The van der Waals surface area contributed by atoms with Crippen molar-refractivity contribution < 1.29 is 9.53 Å². The maximum Gasteiger partial charge on any atom is 0.335 e. The van der Waals surface area contributed by atoms with E-state index in [9.17, 15) is 4.79 Å². The molecule has 16 heavy (non-hydrogen) atoms. The van der Waals surface area contributed by atoms with Crippen LogP contribution in [-0.4, -0.2) is 12.6 Å². The molecule has 0 atom stereocenters. The summed E-state index contributed by atoms with van der Waals surface area (Å²) in [6.07, 6.45) is 0.657. The molecule has 1 fully saturated rings. The van der Waals surface area contributed by atoms with Crippen LogP contribution in [0.1, 0.15) is 13.3 Å². The highest BCUT2D eigenvalue weighted by Crippen LogP contribution is 2.23. The van der Waals surface area contributed by atoms with E-state index < -0.39 is 0 Å². The predicted octanol–water partition coefficient (Wildman–Crippen LogP) is 1.90. The fraction of sp³-hybridized carbons (Fsp3) is 0.250. The van der Waals surface area contributed by atoms with Crippen molar-refractivity contribution in [2.24, 2.45) is 0 Å². The molecule has 3 N–H and O–H groups in total. The number of carbonyl (C=O) groups excluding carboxylic acids is 1. The SMILES string of the molecule is C/C(Nc1ccccc1N)=C1/CCOC1=O. The Bertz CT molecular complexity index is 452. The summed E-state index contributed by atoms with van der Waals surface area (Å²) in [6, 6.07) is 7.45. The molecule has 0 amide bonds. The summed E-state index contributed by atoms with van der Waals surface area (Å²) < 4.78 is 4.89. The number of nitrogens with one attached hydrogen (secondary N) is 1. The van der Waals surface area contributed by atoms with Gasteiger partial charge in [0.2, 0.25) is 0 Å². The van der Waals surface area contributed by atoms with Crippen molar-refractivity contribution in [3.63, 3.8) is 0 Å². The van der Waals surface area contributed by atoms with Gasteiger partial charge in [0.25, 0.3) is 0 Å². The van der Waals surface area contributed by atoms with Gasteiger partial charge in [0, 0.05) is 12.1 Å². The van der Waals surface area contributed by atoms with Crippen LogP contribution in [0.2, 0.25) is 0 Å². The van der Waals surface area contributed by atoms with Gasteiger partial charge in [-0.05, 0) is 19.1 Å². The smallest absolute Gasteiger partial charge is 0.335 e.